The Balaban J connectivity index is 2.45. The van der Waals surface area contributed by atoms with E-state index in [-0.39, 0.29) is 0 Å². The standard InChI is InChI=1S/C10H21OP/c1-4-6-9(2)10(11)12(3)7-5-8-12/h9,12H,4-8H2,1-3H3. The quantitative estimate of drug-likeness (QED) is 0.620. The van der Waals surface area contributed by atoms with Crippen LogP contribution in [0.3, 0.4) is 0 Å². The summed E-state index contributed by atoms with van der Waals surface area (Å²) in [4.78, 5) is 11.9. The first kappa shape index (κ1) is 10.2. The van der Waals surface area contributed by atoms with Crippen LogP contribution in [0.25, 0.3) is 0 Å². The van der Waals surface area contributed by atoms with Crippen molar-refractivity contribution in [2.24, 2.45) is 5.92 Å². The zero-order valence-corrected chi connectivity index (χ0v) is 9.52. The van der Waals surface area contributed by atoms with Gasteiger partial charge >= 0.3 is 75.6 Å². The van der Waals surface area contributed by atoms with Crippen molar-refractivity contribution in [1.29, 1.82) is 0 Å². The third-order valence-corrected chi connectivity index (χ3v) is 7.82. The van der Waals surface area contributed by atoms with Gasteiger partial charge in [0.15, 0.2) is 0 Å². The van der Waals surface area contributed by atoms with Gasteiger partial charge in [0.1, 0.15) is 0 Å². The molecule has 1 nitrogen and oxygen atoms in total. The van der Waals surface area contributed by atoms with Crippen LogP contribution in [0.1, 0.15) is 33.1 Å². The van der Waals surface area contributed by atoms with Gasteiger partial charge in [-0.3, -0.25) is 0 Å². The summed E-state index contributed by atoms with van der Waals surface area (Å²) >= 11 is 0. The van der Waals surface area contributed by atoms with Gasteiger partial charge in [-0.1, -0.05) is 0 Å². The van der Waals surface area contributed by atoms with Gasteiger partial charge in [-0.05, 0) is 0 Å². The monoisotopic (exact) mass is 188 g/mol. The van der Waals surface area contributed by atoms with Gasteiger partial charge in [0, 0.05) is 0 Å². The molecule has 0 aromatic carbocycles. The summed E-state index contributed by atoms with van der Waals surface area (Å²) in [7, 11) is -1.34. The Morgan fingerprint density at radius 2 is 2.08 bits per heavy atom. The number of hydrogen-bond acceptors (Lipinski definition) is 1. The van der Waals surface area contributed by atoms with Crippen LogP contribution in [-0.4, -0.2) is 24.5 Å². The van der Waals surface area contributed by atoms with Crippen LogP contribution in [0.15, 0.2) is 0 Å². The van der Waals surface area contributed by atoms with E-state index in [1.807, 2.05) is 0 Å². The molecule has 1 aliphatic rings. The summed E-state index contributed by atoms with van der Waals surface area (Å²) in [6.07, 6.45) is 6.09. The first-order valence-electron chi connectivity index (χ1n) is 5.14. The molecule has 0 aliphatic carbocycles. The molecule has 12 heavy (non-hydrogen) atoms. The van der Waals surface area contributed by atoms with E-state index in [0.29, 0.717) is 11.4 Å². The van der Waals surface area contributed by atoms with Crippen LogP contribution in [0.4, 0.5) is 0 Å². The fourth-order valence-corrected chi connectivity index (χ4v) is 5.35. The zero-order chi connectivity index (χ0) is 9.19. The van der Waals surface area contributed by atoms with Crippen LogP contribution >= 0.6 is 7.26 Å². The Hall–Kier alpha value is 0.100. The van der Waals surface area contributed by atoms with E-state index in [1.165, 1.54) is 18.7 Å². The third kappa shape index (κ3) is 1.88. The number of hydrogen-bond donors (Lipinski definition) is 0. The molecule has 0 saturated carbocycles. The van der Waals surface area contributed by atoms with Gasteiger partial charge in [-0.25, -0.2) is 0 Å². The average Bonchev–Trinajstić information content (AvgIpc) is 1.99. The SMILES string of the molecule is CCCC(C)C(=O)[PH]1(C)CCC1. The van der Waals surface area contributed by atoms with Crippen LogP contribution in [0, 0.1) is 5.92 Å². The topological polar surface area (TPSA) is 17.1 Å². The maximum absolute atomic E-state index is 11.9. The molecular formula is C10H21OP. The second-order valence-electron chi connectivity index (χ2n) is 4.47. The molecule has 1 heterocycles. The summed E-state index contributed by atoms with van der Waals surface area (Å²) in [5.41, 5.74) is 0.649. The second kappa shape index (κ2) is 3.87. The second-order valence-corrected chi connectivity index (χ2v) is 9.08. The van der Waals surface area contributed by atoms with Crippen molar-refractivity contribution in [3.8, 4) is 0 Å². The first-order valence-corrected chi connectivity index (χ1v) is 8.06. The van der Waals surface area contributed by atoms with E-state index in [0.717, 1.165) is 12.8 Å². The molecule has 2 heteroatoms. The average molecular weight is 188 g/mol. The molecule has 1 fully saturated rings. The maximum atomic E-state index is 11.9. The number of rotatable bonds is 4. The first-order chi connectivity index (χ1) is 5.60. The van der Waals surface area contributed by atoms with Gasteiger partial charge in [0.05, 0.1) is 0 Å². The van der Waals surface area contributed by atoms with E-state index in [9.17, 15) is 4.79 Å². The van der Waals surface area contributed by atoms with E-state index in [2.05, 4.69) is 20.5 Å². The molecule has 0 bridgehead atoms. The third-order valence-electron chi connectivity index (χ3n) is 3.22. The molecule has 0 radical (unpaired) electrons. The summed E-state index contributed by atoms with van der Waals surface area (Å²) in [5, 5.41) is 0. The minimum absolute atomic E-state index is 0.354. The predicted molar refractivity (Wildman–Crippen MR) is 57.7 cm³/mol. The van der Waals surface area contributed by atoms with Gasteiger partial charge in [0.2, 0.25) is 0 Å². The summed E-state index contributed by atoms with van der Waals surface area (Å²) in [5.74, 6) is 0.354. The van der Waals surface area contributed by atoms with Crippen LogP contribution in [0.5, 0.6) is 0 Å². The summed E-state index contributed by atoms with van der Waals surface area (Å²) < 4.78 is 0. The van der Waals surface area contributed by atoms with E-state index < -0.39 is 7.26 Å². The van der Waals surface area contributed by atoms with Crippen molar-refractivity contribution in [1.82, 2.24) is 0 Å². The Labute approximate surface area is 76.3 Å². The van der Waals surface area contributed by atoms with Crippen molar-refractivity contribution >= 4 is 12.8 Å². The zero-order valence-electron chi connectivity index (χ0n) is 8.52. The fraction of sp³-hybridized carbons (Fsp3) is 0.900. The van der Waals surface area contributed by atoms with Crippen molar-refractivity contribution in [3.05, 3.63) is 0 Å². The van der Waals surface area contributed by atoms with Crippen LogP contribution < -0.4 is 0 Å². The molecule has 1 atom stereocenters. The minimum atomic E-state index is -1.34. The molecule has 0 aromatic rings. The molecular weight excluding hydrogens is 167 g/mol. The Bertz CT molecular complexity index is 173. The number of carbonyl (C=O) groups is 1. The molecule has 1 rings (SSSR count). The van der Waals surface area contributed by atoms with Gasteiger partial charge in [-0.15, -0.1) is 0 Å². The Kier molecular flexibility index (Phi) is 3.29. The molecule has 72 valence electrons. The number of carbonyl (C=O) groups excluding carboxylic acids is 1. The molecule has 0 amide bonds. The van der Waals surface area contributed by atoms with Gasteiger partial charge in [-0.2, -0.15) is 0 Å². The van der Waals surface area contributed by atoms with E-state index in [1.54, 1.807) is 0 Å². The Morgan fingerprint density at radius 3 is 2.42 bits per heavy atom. The van der Waals surface area contributed by atoms with E-state index in [4.69, 9.17) is 0 Å². The molecule has 1 unspecified atom stereocenters. The van der Waals surface area contributed by atoms with Crippen LogP contribution in [-0.2, 0) is 4.79 Å². The van der Waals surface area contributed by atoms with Crippen molar-refractivity contribution in [2.75, 3.05) is 19.0 Å². The normalized spacial score (nSPS) is 25.6. The summed E-state index contributed by atoms with van der Waals surface area (Å²) in [6, 6.07) is 0. The van der Waals surface area contributed by atoms with Gasteiger partial charge in [0.25, 0.3) is 0 Å². The van der Waals surface area contributed by atoms with E-state index >= 15 is 0 Å². The molecule has 1 aliphatic heterocycles. The van der Waals surface area contributed by atoms with Crippen LogP contribution in [0.2, 0.25) is 0 Å². The fourth-order valence-electron chi connectivity index (χ4n) is 2.11. The van der Waals surface area contributed by atoms with Crippen molar-refractivity contribution in [3.63, 3.8) is 0 Å². The molecule has 1 saturated heterocycles. The molecule has 0 aromatic heterocycles. The molecule has 0 N–H and O–H groups in total. The van der Waals surface area contributed by atoms with Crippen molar-refractivity contribution < 1.29 is 4.79 Å². The summed E-state index contributed by atoms with van der Waals surface area (Å²) in [6.45, 7) is 6.54. The van der Waals surface area contributed by atoms with Gasteiger partial charge < -0.3 is 0 Å². The van der Waals surface area contributed by atoms with Crippen molar-refractivity contribution in [2.45, 2.75) is 33.1 Å². The molecule has 0 spiro atoms. The predicted octanol–water partition coefficient (Wildman–Crippen LogP) is 2.73. The Morgan fingerprint density at radius 1 is 1.50 bits per heavy atom.